The van der Waals surface area contributed by atoms with Gasteiger partial charge < -0.3 is 15.7 Å². The van der Waals surface area contributed by atoms with E-state index in [4.69, 9.17) is 5.73 Å². The number of nitrogens with zero attached hydrogens (tertiary/aromatic N) is 2. The normalized spacial score (nSPS) is 19.7. The lowest BCUT2D eigenvalue weighted by atomic mass is 10.1. The SMILES string of the molecule is NCc1cc(N2CCC(O)C2)nc2ccccc12. The van der Waals surface area contributed by atoms with E-state index in [2.05, 4.69) is 9.88 Å². The van der Waals surface area contributed by atoms with Crippen molar-refractivity contribution in [1.82, 2.24) is 4.98 Å². The summed E-state index contributed by atoms with van der Waals surface area (Å²) in [4.78, 5) is 6.78. The van der Waals surface area contributed by atoms with Crippen molar-refractivity contribution in [1.29, 1.82) is 0 Å². The van der Waals surface area contributed by atoms with E-state index in [9.17, 15) is 5.11 Å². The Hall–Kier alpha value is -1.65. The fraction of sp³-hybridized carbons (Fsp3) is 0.357. The topological polar surface area (TPSA) is 62.4 Å². The van der Waals surface area contributed by atoms with Crippen LogP contribution in [0.4, 0.5) is 5.82 Å². The number of aliphatic hydroxyl groups excluding tert-OH is 1. The summed E-state index contributed by atoms with van der Waals surface area (Å²) < 4.78 is 0. The van der Waals surface area contributed by atoms with Crippen LogP contribution in [0.15, 0.2) is 30.3 Å². The van der Waals surface area contributed by atoms with Crippen molar-refractivity contribution in [2.45, 2.75) is 19.1 Å². The molecule has 1 atom stereocenters. The van der Waals surface area contributed by atoms with Crippen LogP contribution < -0.4 is 10.6 Å². The number of β-amino-alcohol motifs (C(OH)–C–C–N with tert-alkyl or cyclic N) is 1. The summed E-state index contributed by atoms with van der Waals surface area (Å²) in [5, 5.41) is 10.7. The third kappa shape index (κ3) is 1.94. The maximum atomic E-state index is 9.61. The van der Waals surface area contributed by atoms with Gasteiger partial charge in [-0.1, -0.05) is 18.2 Å². The Labute approximate surface area is 106 Å². The average Bonchev–Trinajstić information content (AvgIpc) is 2.84. The Kier molecular flexibility index (Phi) is 2.89. The molecular weight excluding hydrogens is 226 g/mol. The van der Waals surface area contributed by atoms with E-state index in [0.29, 0.717) is 13.1 Å². The Morgan fingerprint density at radius 1 is 1.39 bits per heavy atom. The van der Waals surface area contributed by atoms with Gasteiger partial charge in [-0.05, 0) is 24.1 Å². The molecule has 2 heterocycles. The molecule has 0 radical (unpaired) electrons. The lowest BCUT2D eigenvalue weighted by Crippen LogP contribution is -2.22. The molecule has 0 amide bonds. The second kappa shape index (κ2) is 4.55. The highest BCUT2D eigenvalue weighted by Crippen LogP contribution is 2.25. The van der Waals surface area contributed by atoms with Gasteiger partial charge in [0.2, 0.25) is 0 Å². The molecule has 0 spiro atoms. The van der Waals surface area contributed by atoms with Gasteiger partial charge in [0.05, 0.1) is 11.6 Å². The Balaban J connectivity index is 2.08. The van der Waals surface area contributed by atoms with Crippen molar-refractivity contribution in [3.8, 4) is 0 Å². The fourth-order valence-electron chi connectivity index (χ4n) is 2.51. The Morgan fingerprint density at radius 2 is 2.22 bits per heavy atom. The van der Waals surface area contributed by atoms with E-state index in [0.717, 1.165) is 35.2 Å². The number of nitrogens with two attached hydrogens (primary N) is 1. The molecule has 1 aromatic heterocycles. The van der Waals surface area contributed by atoms with E-state index < -0.39 is 0 Å². The van der Waals surface area contributed by atoms with Gasteiger partial charge >= 0.3 is 0 Å². The van der Waals surface area contributed by atoms with E-state index >= 15 is 0 Å². The molecule has 4 heteroatoms. The fourth-order valence-corrected chi connectivity index (χ4v) is 2.51. The molecule has 2 aromatic rings. The summed E-state index contributed by atoms with van der Waals surface area (Å²) in [6, 6.07) is 10.1. The van der Waals surface area contributed by atoms with Gasteiger partial charge in [-0.2, -0.15) is 0 Å². The molecule has 94 valence electrons. The lowest BCUT2D eigenvalue weighted by molar-refractivity contribution is 0.198. The molecule has 3 N–H and O–H groups in total. The molecule has 1 fully saturated rings. The number of rotatable bonds is 2. The summed E-state index contributed by atoms with van der Waals surface area (Å²) in [7, 11) is 0. The van der Waals surface area contributed by atoms with Crippen molar-refractivity contribution in [3.63, 3.8) is 0 Å². The molecule has 0 saturated carbocycles. The first-order valence-electron chi connectivity index (χ1n) is 6.29. The second-order valence-electron chi connectivity index (χ2n) is 4.75. The minimum absolute atomic E-state index is 0.236. The molecule has 3 rings (SSSR count). The van der Waals surface area contributed by atoms with E-state index in [-0.39, 0.29) is 6.10 Å². The second-order valence-corrected chi connectivity index (χ2v) is 4.75. The zero-order valence-corrected chi connectivity index (χ0v) is 10.2. The van der Waals surface area contributed by atoms with Gasteiger partial charge in [0.15, 0.2) is 0 Å². The largest absolute Gasteiger partial charge is 0.391 e. The Bertz CT molecular complexity index is 570. The standard InChI is InChI=1S/C14H17N3O/c15-8-10-7-14(17-6-5-11(18)9-17)16-13-4-2-1-3-12(10)13/h1-4,7,11,18H,5-6,8-9,15H2. The van der Waals surface area contributed by atoms with Gasteiger partial charge in [-0.3, -0.25) is 0 Å². The number of benzene rings is 1. The van der Waals surface area contributed by atoms with Gasteiger partial charge in [0.1, 0.15) is 5.82 Å². The molecule has 1 saturated heterocycles. The monoisotopic (exact) mass is 243 g/mol. The minimum atomic E-state index is -0.236. The summed E-state index contributed by atoms with van der Waals surface area (Å²) >= 11 is 0. The van der Waals surface area contributed by atoms with Crippen molar-refractivity contribution in [2.75, 3.05) is 18.0 Å². The molecule has 18 heavy (non-hydrogen) atoms. The van der Waals surface area contributed by atoms with Crippen LogP contribution in [0.2, 0.25) is 0 Å². The molecular formula is C14H17N3O. The van der Waals surface area contributed by atoms with Crippen LogP contribution in [0.25, 0.3) is 10.9 Å². The molecule has 1 aromatic carbocycles. The Morgan fingerprint density at radius 3 is 2.94 bits per heavy atom. The third-order valence-electron chi connectivity index (χ3n) is 3.50. The quantitative estimate of drug-likeness (QED) is 0.833. The van der Waals surface area contributed by atoms with Gasteiger partial charge in [0.25, 0.3) is 0 Å². The van der Waals surface area contributed by atoms with Crippen LogP contribution in [0.1, 0.15) is 12.0 Å². The molecule has 1 aliphatic heterocycles. The highest BCUT2D eigenvalue weighted by atomic mass is 16.3. The predicted molar refractivity (Wildman–Crippen MR) is 72.5 cm³/mol. The number of hydrogen-bond donors (Lipinski definition) is 2. The van der Waals surface area contributed by atoms with Crippen LogP contribution in [-0.4, -0.2) is 29.3 Å². The predicted octanol–water partition coefficient (Wildman–Crippen LogP) is 1.26. The summed E-state index contributed by atoms with van der Waals surface area (Å²) in [6.07, 6.45) is 0.575. The van der Waals surface area contributed by atoms with E-state index in [1.54, 1.807) is 0 Å². The van der Waals surface area contributed by atoms with Gasteiger partial charge in [-0.25, -0.2) is 4.98 Å². The number of para-hydroxylation sites is 1. The van der Waals surface area contributed by atoms with Crippen molar-refractivity contribution >= 4 is 16.7 Å². The third-order valence-corrected chi connectivity index (χ3v) is 3.50. The average molecular weight is 243 g/mol. The van der Waals surface area contributed by atoms with E-state index in [1.165, 1.54) is 0 Å². The van der Waals surface area contributed by atoms with Crippen LogP contribution >= 0.6 is 0 Å². The summed E-state index contributed by atoms with van der Waals surface area (Å²) in [5.41, 5.74) is 7.89. The zero-order valence-electron chi connectivity index (χ0n) is 10.2. The molecule has 0 aliphatic carbocycles. The summed E-state index contributed by atoms with van der Waals surface area (Å²) in [6.45, 7) is 2.03. The number of aliphatic hydroxyl groups is 1. The number of aromatic nitrogens is 1. The molecule has 0 bridgehead atoms. The number of hydrogen-bond acceptors (Lipinski definition) is 4. The van der Waals surface area contributed by atoms with Crippen molar-refractivity contribution in [2.24, 2.45) is 5.73 Å². The van der Waals surface area contributed by atoms with Crippen molar-refractivity contribution in [3.05, 3.63) is 35.9 Å². The lowest BCUT2D eigenvalue weighted by Gasteiger charge is -2.18. The molecule has 4 nitrogen and oxygen atoms in total. The van der Waals surface area contributed by atoms with Crippen LogP contribution in [0.3, 0.4) is 0 Å². The number of anilines is 1. The molecule has 1 aliphatic rings. The van der Waals surface area contributed by atoms with Crippen LogP contribution in [-0.2, 0) is 6.54 Å². The first-order valence-corrected chi connectivity index (χ1v) is 6.29. The van der Waals surface area contributed by atoms with Crippen LogP contribution in [0.5, 0.6) is 0 Å². The van der Waals surface area contributed by atoms with Gasteiger partial charge in [0, 0.05) is 25.0 Å². The first-order chi connectivity index (χ1) is 8.78. The molecule has 1 unspecified atom stereocenters. The van der Waals surface area contributed by atoms with Crippen LogP contribution in [0, 0.1) is 0 Å². The highest BCUT2D eigenvalue weighted by Gasteiger charge is 2.21. The zero-order chi connectivity index (χ0) is 12.5. The van der Waals surface area contributed by atoms with Gasteiger partial charge in [-0.15, -0.1) is 0 Å². The number of fused-ring (bicyclic) bond motifs is 1. The smallest absolute Gasteiger partial charge is 0.129 e. The minimum Gasteiger partial charge on any atom is -0.391 e. The van der Waals surface area contributed by atoms with Crippen molar-refractivity contribution < 1.29 is 5.11 Å². The highest BCUT2D eigenvalue weighted by molar-refractivity contribution is 5.84. The number of pyridine rings is 1. The first kappa shape index (κ1) is 11.4. The maximum Gasteiger partial charge on any atom is 0.129 e. The summed E-state index contributed by atoms with van der Waals surface area (Å²) in [5.74, 6) is 0.922. The maximum absolute atomic E-state index is 9.61. The van der Waals surface area contributed by atoms with E-state index in [1.807, 2.05) is 30.3 Å².